The number of hydrogen-bond acceptors (Lipinski definition) is 9. The quantitative estimate of drug-likeness (QED) is 0.352. The lowest BCUT2D eigenvalue weighted by Gasteiger charge is -2.64. The van der Waals surface area contributed by atoms with Crippen molar-refractivity contribution in [1.29, 1.82) is 0 Å². The summed E-state index contributed by atoms with van der Waals surface area (Å²) in [5, 5.41) is 51.5. The lowest BCUT2D eigenvalue weighted by molar-refractivity contribution is -0.298. The highest BCUT2D eigenvalue weighted by Crippen LogP contribution is 2.71. The first-order chi connectivity index (χ1) is 16.4. The molecule has 2 bridgehead atoms. The minimum absolute atomic E-state index is 0.00265. The number of carbonyl (C=O) groups excluding carboxylic acids is 2. The van der Waals surface area contributed by atoms with Crippen LogP contribution in [0.5, 0.6) is 0 Å². The second kappa shape index (κ2) is 8.46. The van der Waals surface area contributed by atoms with Gasteiger partial charge in [0.15, 0.2) is 0 Å². The molecule has 1 saturated heterocycles. The van der Waals surface area contributed by atoms with Gasteiger partial charge in [-0.2, -0.15) is 0 Å². The second-order valence-corrected chi connectivity index (χ2v) is 12.5. The topological polar surface area (TPSA) is 154 Å². The van der Waals surface area contributed by atoms with Crippen LogP contribution in [-0.4, -0.2) is 80.7 Å². The van der Waals surface area contributed by atoms with Crippen LogP contribution < -0.4 is 0 Å². The van der Waals surface area contributed by atoms with Crippen LogP contribution in [0.25, 0.3) is 0 Å². The smallest absolute Gasteiger partial charge is 0.314 e. The first-order valence-corrected chi connectivity index (χ1v) is 13.2. The number of aliphatic hydroxyl groups excluding tert-OH is 5. The molecule has 198 valence electrons. The number of ether oxygens (including phenoxy) is 2. The van der Waals surface area contributed by atoms with Crippen molar-refractivity contribution in [3.8, 4) is 0 Å². The number of fused-ring (bicyclic) bond motifs is 3. The fourth-order valence-corrected chi connectivity index (χ4v) is 9.05. The Labute approximate surface area is 205 Å². The molecule has 0 radical (unpaired) electrons. The number of carbonyl (C=O) groups is 2. The predicted octanol–water partition coefficient (Wildman–Crippen LogP) is 0.528. The van der Waals surface area contributed by atoms with E-state index >= 15 is 0 Å². The molecule has 1 aliphatic heterocycles. The van der Waals surface area contributed by atoms with Crippen molar-refractivity contribution in [2.75, 3.05) is 6.61 Å². The Kier molecular flexibility index (Phi) is 6.18. The first-order valence-electron chi connectivity index (χ1n) is 13.2. The minimum Gasteiger partial charge on any atom is -0.432 e. The molecule has 5 N–H and O–H groups in total. The normalized spacial score (nSPS) is 55.7. The average molecular weight is 497 g/mol. The van der Waals surface area contributed by atoms with Crippen molar-refractivity contribution in [3.05, 3.63) is 0 Å². The third kappa shape index (κ3) is 3.35. The van der Waals surface area contributed by atoms with E-state index in [2.05, 4.69) is 6.92 Å². The molecule has 35 heavy (non-hydrogen) atoms. The monoisotopic (exact) mass is 496 g/mol. The molecule has 13 atom stereocenters. The Balaban J connectivity index is 1.43. The summed E-state index contributed by atoms with van der Waals surface area (Å²) in [5.74, 6) is -0.362. The van der Waals surface area contributed by atoms with Crippen molar-refractivity contribution in [3.63, 3.8) is 0 Å². The molecule has 1 spiro atoms. The molecule has 0 aromatic heterocycles. The highest BCUT2D eigenvalue weighted by atomic mass is 16.7. The molecule has 5 rings (SSSR count). The summed E-state index contributed by atoms with van der Waals surface area (Å²) in [4.78, 5) is 27.2. The molecule has 0 aromatic rings. The highest BCUT2D eigenvalue weighted by Gasteiger charge is 2.71. The van der Waals surface area contributed by atoms with Crippen LogP contribution in [0.2, 0.25) is 0 Å². The molecule has 5 fully saturated rings. The van der Waals surface area contributed by atoms with Crippen LogP contribution in [0.15, 0.2) is 0 Å². The van der Waals surface area contributed by atoms with Crippen molar-refractivity contribution >= 4 is 11.8 Å². The van der Waals surface area contributed by atoms with Gasteiger partial charge in [-0.05, 0) is 68.6 Å². The summed E-state index contributed by atoms with van der Waals surface area (Å²) in [6, 6.07) is 0. The summed E-state index contributed by atoms with van der Waals surface area (Å²) in [6.07, 6.45) is -3.30. The lowest BCUT2D eigenvalue weighted by Crippen LogP contribution is -2.65. The van der Waals surface area contributed by atoms with E-state index in [4.69, 9.17) is 9.47 Å². The molecule has 4 saturated carbocycles. The van der Waals surface area contributed by atoms with E-state index in [1.54, 1.807) is 0 Å². The fraction of sp³-hybridized carbons (Fsp3) is 0.923. The zero-order valence-electron chi connectivity index (χ0n) is 20.8. The molecule has 5 aliphatic rings. The van der Waals surface area contributed by atoms with Crippen LogP contribution in [0.3, 0.4) is 0 Å². The van der Waals surface area contributed by atoms with Gasteiger partial charge in [-0.3, -0.25) is 9.59 Å². The number of Topliss-reactive ketones (excluding diaryl/α,β-unsaturated/α-hetero) is 1. The van der Waals surface area contributed by atoms with Gasteiger partial charge in [0, 0.05) is 5.92 Å². The first kappa shape index (κ1) is 25.5. The van der Waals surface area contributed by atoms with Crippen LogP contribution in [-0.2, 0) is 19.1 Å². The van der Waals surface area contributed by atoms with Crippen molar-refractivity contribution in [2.24, 2.45) is 39.9 Å². The van der Waals surface area contributed by atoms with Crippen molar-refractivity contribution in [1.82, 2.24) is 0 Å². The van der Waals surface area contributed by atoms with Crippen LogP contribution in [0, 0.1) is 39.9 Å². The Morgan fingerprint density at radius 3 is 2.46 bits per heavy atom. The second-order valence-electron chi connectivity index (χ2n) is 12.5. The van der Waals surface area contributed by atoms with Crippen molar-refractivity contribution < 1.29 is 44.6 Å². The molecule has 1 heterocycles. The summed E-state index contributed by atoms with van der Waals surface area (Å²) in [7, 11) is 0. The third-order valence-corrected chi connectivity index (χ3v) is 11.0. The lowest BCUT2D eigenvalue weighted by atomic mass is 9.40. The summed E-state index contributed by atoms with van der Waals surface area (Å²) >= 11 is 0. The Morgan fingerprint density at radius 2 is 1.77 bits per heavy atom. The van der Waals surface area contributed by atoms with Crippen LogP contribution in [0.1, 0.15) is 65.7 Å². The predicted molar refractivity (Wildman–Crippen MR) is 121 cm³/mol. The third-order valence-electron chi connectivity index (χ3n) is 11.0. The number of ketones is 1. The maximum atomic E-state index is 13.7. The van der Waals surface area contributed by atoms with Gasteiger partial charge < -0.3 is 35.0 Å². The standard InChI is InChI=1S/C26H40O9/c1-12-13-5-6-15-24(2)7-4-8-25(3,16(24)9-17(28)26(15,10-13)21(12)32)23(33)35-22-20(31)19(30)18(29)14(11-27)34-22/h12-20,22,27-31H,4-11H2,1-3H3/t12-,13-,14-,15+,16+,17-,18-,19+,20-,22+,24+,25+,26-/m1/s1. The number of hydrogen-bond donors (Lipinski definition) is 5. The van der Waals surface area contributed by atoms with E-state index in [1.165, 1.54) is 0 Å². The molecule has 0 amide bonds. The largest absolute Gasteiger partial charge is 0.432 e. The zero-order valence-corrected chi connectivity index (χ0v) is 20.8. The molecular formula is C26H40O9. The van der Waals surface area contributed by atoms with Crippen LogP contribution in [0.4, 0.5) is 0 Å². The van der Waals surface area contributed by atoms with E-state index in [0.29, 0.717) is 18.8 Å². The SMILES string of the molecule is C[C@H]1C(=O)[C@]23C[C@H]1CC[C@H]2[C@]1(C)CCC[C@](C)(C(=O)O[C@@H]2O[C@H](CO)[C@@H](O)[C@H](O)[C@H]2O)[C@H]1C[C@H]3O. The maximum absolute atomic E-state index is 13.7. The van der Waals surface area contributed by atoms with E-state index < -0.39 is 60.2 Å². The maximum Gasteiger partial charge on any atom is 0.314 e. The molecule has 4 aliphatic carbocycles. The van der Waals surface area contributed by atoms with Gasteiger partial charge in [-0.25, -0.2) is 0 Å². The summed E-state index contributed by atoms with van der Waals surface area (Å²) in [5.41, 5.74) is -2.04. The van der Waals surface area contributed by atoms with Gasteiger partial charge in [0.25, 0.3) is 0 Å². The fourth-order valence-electron chi connectivity index (χ4n) is 9.05. The molecular weight excluding hydrogens is 456 g/mol. The average Bonchev–Trinajstić information content (AvgIpc) is 3.02. The molecule has 9 heteroatoms. The number of esters is 1. The minimum atomic E-state index is -1.66. The van der Waals surface area contributed by atoms with Gasteiger partial charge in [0.05, 0.1) is 23.5 Å². The van der Waals surface area contributed by atoms with Gasteiger partial charge in [0.2, 0.25) is 6.29 Å². The Morgan fingerprint density at radius 1 is 1.06 bits per heavy atom. The van der Waals surface area contributed by atoms with Gasteiger partial charge in [-0.1, -0.05) is 20.3 Å². The Hall–Kier alpha value is -1.10. The summed E-state index contributed by atoms with van der Waals surface area (Å²) < 4.78 is 11.0. The van der Waals surface area contributed by atoms with E-state index in [0.717, 1.165) is 32.1 Å². The summed E-state index contributed by atoms with van der Waals surface area (Å²) in [6.45, 7) is 5.39. The molecule has 9 nitrogen and oxygen atoms in total. The molecule has 0 aromatic carbocycles. The number of aliphatic hydroxyl groups is 5. The highest BCUT2D eigenvalue weighted by molar-refractivity contribution is 5.91. The van der Waals surface area contributed by atoms with Gasteiger partial charge in [0.1, 0.15) is 30.2 Å². The number of rotatable bonds is 3. The molecule has 0 unspecified atom stereocenters. The van der Waals surface area contributed by atoms with Crippen molar-refractivity contribution in [2.45, 2.75) is 103 Å². The zero-order chi connectivity index (χ0) is 25.5. The van der Waals surface area contributed by atoms with Gasteiger partial charge in [-0.15, -0.1) is 0 Å². The van der Waals surface area contributed by atoms with Gasteiger partial charge >= 0.3 is 5.97 Å². The Bertz CT molecular complexity index is 877. The van der Waals surface area contributed by atoms with E-state index in [-0.39, 0.29) is 29.0 Å². The van der Waals surface area contributed by atoms with E-state index in [1.807, 2.05) is 13.8 Å². The van der Waals surface area contributed by atoms with Crippen LogP contribution >= 0.6 is 0 Å². The van der Waals surface area contributed by atoms with E-state index in [9.17, 15) is 35.1 Å².